The van der Waals surface area contributed by atoms with E-state index in [4.69, 9.17) is 5.14 Å². The maximum absolute atomic E-state index is 11.6. The minimum absolute atomic E-state index is 0.0865. The second-order valence-electron chi connectivity index (χ2n) is 3.57. The molecule has 1 fully saturated rings. The molecule has 1 aliphatic heterocycles. The fraction of sp³-hybridized carbons (Fsp3) is 0.875. The van der Waals surface area contributed by atoms with Crippen molar-refractivity contribution in [2.45, 2.75) is 6.42 Å². The molecule has 94 valence electrons. The first-order chi connectivity index (χ1) is 7.45. The Morgan fingerprint density at radius 2 is 1.88 bits per heavy atom. The van der Waals surface area contributed by atoms with Gasteiger partial charge in [0.1, 0.15) is 0 Å². The summed E-state index contributed by atoms with van der Waals surface area (Å²) in [6, 6.07) is 0. The highest BCUT2D eigenvalue weighted by Gasteiger charge is 2.25. The summed E-state index contributed by atoms with van der Waals surface area (Å²) in [6.45, 7) is 1.46. The van der Waals surface area contributed by atoms with E-state index in [-0.39, 0.29) is 5.91 Å². The number of rotatable bonds is 4. The Kier molecular flexibility index (Phi) is 5.03. The van der Waals surface area contributed by atoms with Crippen molar-refractivity contribution >= 4 is 27.9 Å². The second kappa shape index (κ2) is 5.85. The van der Waals surface area contributed by atoms with Crippen LogP contribution in [-0.4, -0.2) is 61.7 Å². The average Bonchev–Trinajstić information content (AvgIpc) is 2.25. The molecule has 0 aromatic rings. The van der Waals surface area contributed by atoms with Crippen LogP contribution < -0.4 is 5.14 Å². The third kappa shape index (κ3) is 3.93. The van der Waals surface area contributed by atoms with Gasteiger partial charge in [-0.1, -0.05) is 0 Å². The van der Waals surface area contributed by atoms with Gasteiger partial charge in [0, 0.05) is 38.4 Å². The number of nitrogens with two attached hydrogens (primary N) is 1. The standard InChI is InChI=1S/C8H17N3O3S2/c1-15-7-2-8(12)10-3-5-11(6-4-10)16(9,13)14/h2-7H2,1H3,(H2,9,13,14). The predicted octanol–water partition coefficient (Wildman–Crippen LogP) is -0.913. The van der Waals surface area contributed by atoms with E-state index in [0.717, 1.165) is 5.75 Å². The topological polar surface area (TPSA) is 83.7 Å². The van der Waals surface area contributed by atoms with Gasteiger partial charge in [0.15, 0.2) is 0 Å². The van der Waals surface area contributed by atoms with Crippen LogP contribution in [0.15, 0.2) is 0 Å². The van der Waals surface area contributed by atoms with Crippen LogP contribution >= 0.6 is 11.8 Å². The van der Waals surface area contributed by atoms with E-state index < -0.39 is 10.2 Å². The van der Waals surface area contributed by atoms with Crippen LogP contribution in [0.1, 0.15) is 6.42 Å². The number of carbonyl (C=O) groups excluding carboxylic acids is 1. The van der Waals surface area contributed by atoms with Gasteiger partial charge in [-0.3, -0.25) is 4.79 Å². The fourth-order valence-corrected chi connectivity index (χ4v) is 2.59. The van der Waals surface area contributed by atoms with Crippen molar-refractivity contribution in [1.82, 2.24) is 9.21 Å². The average molecular weight is 267 g/mol. The molecule has 0 aromatic heterocycles. The molecule has 0 aliphatic carbocycles. The number of amides is 1. The molecule has 1 heterocycles. The summed E-state index contributed by atoms with van der Waals surface area (Å²) >= 11 is 1.62. The molecule has 0 bridgehead atoms. The van der Waals surface area contributed by atoms with E-state index in [0.29, 0.717) is 32.6 Å². The minimum Gasteiger partial charge on any atom is -0.340 e. The van der Waals surface area contributed by atoms with E-state index >= 15 is 0 Å². The summed E-state index contributed by atoms with van der Waals surface area (Å²) in [5.74, 6) is 0.886. The molecule has 0 unspecified atom stereocenters. The minimum atomic E-state index is -3.60. The van der Waals surface area contributed by atoms with E-state index in [1.54, 1.807) is 16.7 Å². The van der Waals surface area contributed by atoms with Gasteiger partial charge in [0.2, 0.25) is 5.91 Å². The molecule has 0 spiro atoms. The van der Waals surface area contributed by atoms with Gasteiger partial charge in [0.25, 0.3) is 10.2 Å². The van der Waals surface area contributed by atoms with Gasteiger partial charge in [-0.2, -0.15) is 24.5 Å². The Labute approximate surface area is 100 Å². The quantitative estimate of drug-likeness (QED) is 0.714. The molecule has 6 nitrogen and oxygen atoms in total. The molecular weight excluding hydrogens is 250 g/mol. The highest BCUT2D eigenvalue weighted by Crippen LogP contribution is 2.07. The number of piperazine rings is 1. The van der Waals surface area contributed by atoms with Crippen LogP contribution in [0, 0.1) is 0 Å². The maximum Gasteiger partial charge on any atom is 0.277 e. The summed E-state index contributed by atoms with van der Waals surface area (Å²) in [7, 11) is -3.60. The van der Waals surface area contributed by atoms with E-state index in [9.17, 15) is 13.2 Å². The zero-order valence-corrected chi connectivity index (χ0v) is 10.9. The number of carbonyl (C=O) groups is 1. The summed E-state index contributed by atoms with van der Waals surface area (Å²) in [6.07, 6.45) is 2.46. The number of hydrogen-bond acceptors (Lipinski definition) is 4. The van der Waals surface area contributed by atoms with Crippen LogP contribution in [0.2, 0.25) is 0 Å². The molecule has 1 aliphatic rings. The van der Waals surface area contributed by atoms with Crippen molar-refractivity contribution in [2.75, 3.05) is 38.2 Å². The zero-order chi connectivity index (χ0) is 12.2. The molecule has 16 heavy (non-hydrogen) atoms. The van der Waals surface area contributed by atoms with Gasteiger partial charge in [-0.05, 0) is 6.26 Å². The molecular formula is C8H17N3O3S2. The normalized spacial score (nSPS) is 18.8. The third-order valence-electron chi connectivity index (χ3n) is 2.47. The van der Waals surface area contributed by atoms with Gasteiger partial charge in [-0.15, -0.1) is 0 Å². The molecule has 1 saturated heterocycles. The number of hydrogen-bond donors (Lipinski definition) is 1. The predicted molar refractivity (Wildman–Crippen MR) is 64.3 cm³/mol. The molecule has 8 heteroatoms. The largest absolute Gasteiger partial charge is 0.340 e. The van der Waals surface area contributed by atoms with E-state index in [1.807, 2.05) is 6.26 Å². The molecule has 1 amide bonds. The lowest BCUT2D eigenvalue weighted by molar-refractivity contribution is -0.131. The lowest BCUT2D eigenvalue weighted by atomic mass is 10.3. The SMILES string of the molecule is CSCCC(=O)N1CCN(S(N)(=O)=O)CC1. The molecule has 0 saturated carbocycles. The highest BCUT2D eigenvalue weighted by molar-refractivity contribution is 7.98. The molecule has 0 radical (unpaired) electrons. The third-order valence-corrected chi connectivity index (χ3v) is 4.17. The Morgan fingerprint density at radius 3 is 2.31 bits per heavy atom. The van der Waals surface area contributed by atoms with Crippen molar-refractivity contribution in [2.24, 2.45) is 5.14 Å². The Balaban J connectivity index is 2.40. The van der Waals surface area contributed by atoms with Crippen molar-refractivity contribution in [1.29, 1.82) is 0 Å². The molecule has 0 atom stereocenters. The second-order valence-corrected chi connectivity index (χ2v) is 6.10. The van der Waals surface area contributed by atoms with Crippen LogP contribution in [0.5, 0.6) is 0 Å². The molecule has 1 rings (SSSR count). The lowest BCUT2D eigenvalue weighted by Gasteiger charge is -2.32. The van der Waals surface area contributed by atoms with Crippen molar-refractivity contribution < 1.29 is 13.2 Å². The fourth-order valence-electron chi connectivity index (χ4n) is 1.54. The van der Waals surface area contributed by atoms with Crippen LogP contribution in [-0.2, 0) is 15.0 Å². The van der Waals surface area contributed by atoms with E-state index in [1.165, 1.54) is 4.31 Å². The van der Waals surface area contributed by atoms with Gasteiger partial charge >= 0.3 is 0 Å². The first-order valence-electron chi connectivity index (χ1n) is 4.99. The van der Waals surface area contributed by atoms with Crippen LogP contribution in [0.25, 0.3) is 0 Å². The summed E-state index contributed by atoms with van der Waals surface area (Å²) in [5, 5.41) is 5.00. The smallest absolute Gasteiger partial charge is 0.277 e. The molecule has 2 N–H and O–H groups in total. The summed E-state index contributed by atoms with van der Waals surface area (Å²) in [4.78, 5) is 13.3. The van der Waals surface area contributed by atoms with Gasteiger partial charge in [0.05, 0.1) is 0 Å². The first-order valence-corrected chi connectivity index (χ1v) is 7.89. The molecule has 0 aromatic carbocycles. The van der Waals surface area contributed by atoms with Crippen molar-refractivity contribution in [3.8, 4) is 0 Å². The van der Waals surface area contributed by atoms with Gasteiger partial charge < -0.3 is 4.90 Å². The van der Waals surface area contributed by atoms with Crippen molar-refractivity contribution in [3.05, 3.63) is 0 Å². The maximum atomic E-state index is 11.6. The Morgan fingerprint density at radius 1 is 1.31 bits per heavy atom. The Bertz CT molecular complexity index is 336. The van der Waals surface area contributed by atoms with Crippen molar-refractivity contribution in [3.63, 3.8) is 0 Å². The van der Waals surface area contributed by atoms with Crippen LogP contribution in [0.3, 0.4) is 0 Å². The summed E-state index contributed by atoms with van der Waals surface area (Å²) in [5.41, 5.74) is 0. The first kappa shape index (κ1) is 13.8. The van der Waals surface area contributed by atoms with Crippen LogP contribution in [0.4, 0.5) is 0 Å². The Hall–Kier alpha value is -0.310. The number of thioether (sulfide) groups is 1. The number of nitrogens with zero attached hydrogens (tertiary/aromatic N) is 2. The highest BCUT2D eigenvalue weighted by atomic mass is 32.2. The zero-order valence-electron chi connectivity index (χ0n) is 9.26. The lowest BCUT2D eigenvalue weighted by Crippen LogP contribution is -2.52. The van der Waals surface area contributed by atoms with Gasteiger partial charge in [-0.25, -0.2) is 5.14 Å². The summed E-state index contributed by atoms with van der Waals surface area (Å²) < 4.78 is 23.3. The van der Waals surface area contributed by atoms with E-state index in [2.05, 4.69) is 0 Å². The monoisotopic (exact) mass is 267 g/mol.